The third-order valence-corrected chi connectivity index (χ3v) is 7.11. The highest BCUT2D eigenvalue weighted by Gasteiger charge is 2.36. The number of carbonyl (C=O) groups is 1. The molecular weight excluding hydrogens is 471 g/mol. The lowest BCUT2D eigenvalue weighted by molar-refractivity contribution is -0.133. The molecule has 1 N–H and O–H groups in total. The number of ether oxygens (including phenoxy) is 1. The molecule has 0 bridgehead atoms. The minimum atomic E-state index is -1.11. The fourth-order valence-electron chi connectivity index (χ4n) is 5.14. The second kappa shape index (κ2) is 10.5. The van der Waals surface area contributed by atoms with Crippen molar-refractivity contribution in [3.05, 3.63) is 53.1 Å². The van der Waals surface area contributed by atoms with Crippen molar-refractivity contribution in [2.24, 2.45) is 0 Å². The van der Waals surface area contributed by atoms with Crippen LogP contribution in [0.2, 0.25) is 0 Å². The number of rotatable bonds is 7. The Kier molecular flexibility index (Phi) is 7.18. The Labute approximate surface area is 207 Å². The number of nitrogens with zero attached hydrogens (tertiary/aromatic N) is 2. The fourth-order valence-corrected chi connectivity index (χ4v) is 5.14. The number of nitrogens with one attached hydrogen (secondary N) is 1. The molecule has 2 aliphatic rings. The number of oxazole rings is 1. The van der Waals surface area contributed by atoms with Gasteiger partial charge in [0.15, 0.2) is 11.4 Å². The van der Waals surface area contributed by atoms with Gasteiger partial charge in [0.05, 0.1) is 31.7 Å². The van der Waals surface area contributed by atoms with E-state index in [-0.39, 0.29) is 65.9 Å². The number of carbonyl (C=O) groups excluding carboxylic acids is 1. The van der Waals surface area contributed by atoms with Gasteiger partial charge in [-0.15, -0.1) is 0 Å². The highest BCUT2D eigenvalue weighted by atomic mass is 19.1. The van der Waals surface area contributed by atoms with E-state index >= 15 is 4.39 Å². The second-order valence-electron chi connectivity index (χ2n) is 9.79. The number of hydrogen-bond acceptors (Lipinski definition) is 5. The Morgan fingerprint density at radius 3 is 2.78 bits per heavy atom. The molecule has 0 unspecified atom stereocenters. The molecule has 6 nitrogen and oxygen atoms in total. The van der Waals surface area contributed by atoms with Crippen LogP contribution in [0.25, 0.3) is 11.1 Å². The van der Waals surface area contributed by atoms with Gasteiger partial charge in [0, 0.05) is 17.7 Å². The summed E-state index contributed by atoms with van der Waals surface area (Å²) in [6, 6.07) is 7.00. The van der Waals surface area contributed by atoms with Gasteiger partial charge in [-0.25, -0.2) is 13.2 Å². The predicted octanol–water partition coefficient (Wildman–Crippen LogP) is 5.99. The number of aromatic nitrogens is 1. The number of alkyl halides is 1. The molecule has 192 valence electrons. The number of anilines is 2. The molecule has 2 heterocycles. The van der Waals surface area contributed by atoms with Gasteiger partial charge in [0.1, 0.15) is 17.5 Å². The molecule has 5 rings (SSSR count). The van der Waals surface area contributed by atoms with E-state index < -0.39 is 12.0 Å². The van der Waals surface area contributed by atoms with Crippen LogP contribution in [0.4, 0.5) is 24.9 Å². The summed E-state index contributed by atoms with van der Waals surface area (Å²) in [6.45, 7) is 2.03. The van der Waals surface area contributed by atoms with Gasteiger partial charge < -0.3 is 19.4 Å². The molecule has 1 aromatic heterocycles. The van der Waals surface area contributed by atoms with Gasteiger partial charge in [-0.2, -0.15) is 4.98 Å². The summed E-state index contributed by atoms with van der Waals surface area (Å²) in [4.78, 5) is 18.8. The zero-order valence-corrected chi connectivity index (χ0v) is 20.2. The van der Waals surface area contributed by atoms with Crippen LogP contribution in [0.1, 0.15) is 49.7 Å². The van der Waals surface area contributed by atoms with Gasteiger partial charge in [0.2, 0.25) is 5.91 Å². The Bertz CT molecular complexity index is 1240. The Morgan fingerprint density at radius 2 is 2.00 bits per heavy atom. The summed E-state index contributed by atoms with van der Waals surface area (Å²) in [6.07, 6.45) is 4.56. The molecule has 0 radical (unpaired) electrons. The number of halogens is 3. The molecule has 2 fully saturated rings. The van der Waals surface area contributed by atoms with E-state index in [0.717, 1.165) is 25.7 Å². The monoisotopic (exact) mass is 501 g/mol. The lowest BCUT2D eigenvalue weighted by atomic mass is 9.98. The van der Waals surface area contributed by atoms with Crippen LogP contribution in [-0.2, 0) is 16.0 Å². The van der Waals surface area contributed by atoms with Gasteiger partial charge in [-0.3, -0.25) is 4.79 Å². The van der Waals surface area contributed by atoms with E-state index in [4.69, 9.17) is 9.15 Å². The topological polar surface area (TPSA) is 67.6 Å². The Morgan fingerprint density at radius 1 is 1.19 bits per heavy atom. The number of likely N-dealkylation sites (tertiary alicyclic amines) is 1. The zero-order valence-electron chi connectivity index (χ0n) is 20.2. The minimum absolute atomic E-state index is 0.00517. The normalized spacial score (nSPS) is 20.8. The molecule has 1 amide bonds. The van der Waals surface area contributed by atoms with Crippen molar-refractivity contribution >= 4 is 28.7 Å². The number of amides is 1. The summed E-state index contributed by atoms with van der Waals surface area (Å²) >= 11 is 0. The van der Waals surface area contributed by atoms with Crippen LogP contribution in [0, 0.1) is 18.6 Å². The highest BCUT2D eigenvalue weighted by Crippen LogP contribution is 2.29. The van der Waals surface area contributed by atoms with Crippen molar-refractivity contribution in [2.75, 3.05) is 18.5 Å². The molecule has 1 saturated carbocycles. The molecule has 1 saturated heterocycles. The van der Waals surface area contributed by atoms with E-state index in [1.165, 1.54) is 29.5 Å². The average molecular weight is 502 g/mol. The quantitative estimate of drug-likeness (QED) is 0.431. The average Bonchev–Trinajstić information content (AvgIpc) is 3.45. The number of fused-ring (bicyclic) bond motifs is 1. The first kappa shape index (κ1) is 24.6. The van der Waals surface area contributed by atoms with Crippen LogP contribution < -0.4 is 5.32 Å². The van der Waals surface area contributed by atoms with Gasteiger partial charge >= 0.3 is 0 Å². The molecule has 2 aromatic carbocycles. The molecule has 3 aromatic rings. The molecule has 9 heteroatoms. The summed E-state index contributed by atoms with van der Waals surface area (Å²) < 4.78 is 54.5. The number of hydrogen-bond donors (Lipinski definition) is 1. The minimum Gasteiger partial charge on any atom is -0.420 e. The van der Waals surface area contributed by atoms with Crippen LogP contribution in [0.15, 0.2) is 34.7 Å². The second-order valence-corrected chi connectivity index (χ2v) is 9.79. The van der Waals surface area contributed by atoms with E-state index in [2.05, 4.69) is 10.3 Å². The van der Waals surface area contributed by atoms with E-state index in [1.54, 1.807) is 19.1 Å². The third-order valence-electron chi connectivity index (χ3n) is 7.11. The molecule has 0 spiro atoms. The van der Waals surface area contributed by atoms with Crippen LogP contribution >= 0.6 is 0 Å². The summed E-state index contributed by atoms with van der Waals surface area (Å²) in [5.41, 5.74) is 1.58. The van der Waals surface area contributed by atoms with Gasteiger partial charge in [-0.05, 0) is 49.6 Å². The number of aryl methyl sites for hydroxylation is 1. The largest absolute Gasteiger partial charge is 0.420 e. The lowest BCUT2D eigenvalue weighted by Crippen LogP contribution is -2.40. The Hall–Kier alpha value is -3.07. The molecule has 36 heavy (non-hydrogen) atoms. The number of benzene rings is 2. The smallest absolute Gasteiger partial charge is 0.300 e. The van der Waals surface area contributed by atoms with Crippen molar-refractivity contribution in [2.45, 2.75) is 70.2 Å². The molecule has 1 aliphatic heterocycles. The van der Waals surface area contributed by atoms with Crippen molar-refractivity contribution in [3.8, 4) is 0 Å². The maximum atomic E-state index is 15.3. The van der Waals surface area contributed by atoms with E-state index in [9.17, 15) is 13.6 Å². The SMILES string of the molecule is Cc1cc(F)ccc1Nc1nc2ccc(CC(=O)N3C[C@@H](F)C[C@H]3COC3CCCCC3)c(F)c2o1. The van der Waals surface area contributed by atoms with E-state index in [1.807, 2.05) is 0 Å². The Balaban J connectivity index is 1.27. The lowest BCUT2D eigenvalue weighted by Gasteiger charge is -2.28. The third kappa shape index (κ3) is 5.36. The van der Waals surface area contributed by atoms with Gasteiger partial charge in [0.25, 0.3) is 6.01 Å². The van der Waals surface area contributed by atoms with Crippen molar-refractivity contribution in [1.82, 2.24) is 9.88 Å². The molecule has 2 atom stereocenters. The fraction of sp³-hybridized carbons (Fsp3) is 0.481. The zero-order chi connectivity index (χ0) is 25.2. The maximum Gasteiger partial charge on any atom is 0.300 e. The van der Waals surface area contributed by atoms with Gasteiger partial charge in [-0.1, -0.05) is 25.3 Å². The van der Waals surface area contributed by atoms with Crippen LogP contribution in [0.3, 0.4) is 0 Å². The highest BCUT2D eigenvalue weighted by molar-refractivity contribution is 5.83. The summed E-state index contributed by atoms with van der Waals surface area (Å²) in [5, 5.41) is 2.93. The molecule has 1 aliphatic carbocycles. The molecular formula is C27H30F3N3O3. The first-order valence-electron chi connectivity index (χ1n) is 12.5. The summed E-state index contributed by atoms with van der Waals surface area (Å²) in [5.74, 6) is -1.38. The van der Waals surface area contributed by atoms with Crippen LogP contribution in [-0.4, -0.2) is 47.3 Å². The summed E-state index contributed by atoms with van der Waals surface area (Å²) in [7, 11) is 0. The van der Waals surface area contributed by atoms with E-state index in [0.29, 0.717) is 17.9 Å². The van der Waals surface area contributed by atoms with Crippen molar-refractivity contribution in [3.63, 3.8) is 0 Å². The van der Waals surface area contributed by atoms with Crippen molar-refractivity contribution < 1.29 is 27.1 Å². The van der Waals surface area contributed by atoms with Crippen LogP contribution in [0.5, 0.6) is 0 Å². The first-order valence-corrected chi connectivity index (χ1v) is 12.5. The predicted molar refractivity (Wildman–Crippen MR) is 130 cm³/mol. The standard InChI is InChI=1S/C27H30F3N3O3/c1-16-11-18(28)8-10-22(16)31-27-32-23-9-7-17(25(30)26(23)36-27)12-24(34)33-14-19(29)13-20(33)15-35-21-5-3-2-4-6-21/h7-11,19-21H,2-6,12-15H2,1H3,(H,31,32)/t19-,20-/m0/s1. The maximum absolute atomic E-state index is 15.3. The van der Waals surface area contributed by atoms with Crippen molar-refractivity contribution in [1.29, 1.82) is 0 Å². The first-order chi connectivity index (χ1) is 17.4.